The van der Waals surface area contributed by atoms with E-state index in [9.17, 15) is 28.8 Å². The van der Waals surface area contributed by atoms with Crippen LogP contribution in [0.1, 0.15) is 64.2 Å². The summed E-state index contributed by atoms with van der Waals surface area (Å²) in [5.41, 5.74) is 5.33. The van der Waals surface area contributed by atoms with Gasteiger partial charge in [-0.2, -0.15) is 0 Å². The number of aliphatic carboxylic acids is 1. The van der Waals surface area contributed by atoms with Gasteiger partial charge in [-0.3, -0.25) is 28.8 Å². The molecule has 3 rings (SSSR count). The number of carboxylic acid groups (broad SMARTS) is 1. The molecule has 3 heterocycles. The fourth-order valence-electron chi connectivity index (χ4n) is 3.42. The number of piperidine rings is 2. The van der Waals surface area contributed by atoms with Gasteiger partial charge in [0.15, 0.2) is 0 Å². The number of hydrogen-bond acceptors (Lipinski definition) is 8. The van der Waals surface area contributed by atoms with Crippen LogP contribution in [0.2, 0.25) is 0 Å². The Labute approximate surface area is 215 Å². The van der Waals surface area contributed by atoms with Crippen LogP contribution in [-0.4, -0.2) is 89.8 Å². The van der Waals surface area contributed by atoms with Crippen LogP contribution in [0.25, 0.3) is 0 Å². The van der Waals surface area contributed by atoms with Gasteiger partial charge >= 0.3 is 17.9 Å². The van der Waals surface area contributed by atoms with Crippen LogP contribution in [0.3, 0.4) is 0 Å². The molecule has 3 amide bonds. The summed E-state index contributed by atoms with van der Waals surface area (Å²) in [4.78, 5) is 67.5. The number of nitrogens with zero attached hydrogens (tertiary/aromatic N) is 2. The fraction of sp³-hybridized carbons (Fsp3) is 0.727. The molecule has 3 aliphatic heterocycles. The van der Waals surface area contributed by atoms with Gasteiger partial charge in [-0.15, -0.1) is 17.0 Å². The first-order valence-corrected chi connectivity index (χ1v) is 11.7. The number of ether oxygens (including phenoxy) is 1. The molecule has 200 valence electrons. The number of halogens is 1. The van der Waals surface area contributed by atoms with E-state index in [0.29, 0.717) is 26.1 Å². The third kappa shape index (κ3) is 15.1. The Bertz CT molecular complexity index is 718. The molecule has 3 saturated heterocycles. The highest BCUT2D eigenvalue weighted by atomic mass is 79.9. The summed E-state index contributed by atoms with van der Waals surface area (Å²) in [6, 6.07) is 0. The van der Waals surface area contributed by atoms with E-state index in [1.165, 1.54) is 0 Å². The predicted molar refractivity (Wildman–Crippen MR) is 130 cm³/mol. The Balaban J connectivity index is 0.000000542. The Morgan fingerprint density at radius 3 is 1.74 bits per heavy atom. The fourth-order valence-corrected chi connectivity index (χ4v) is 3.42. The lowest BCUT2D eigenvalue weighted by Gasteiger charge is -2.26. The number of amides is 3. The van der Waals surface area contributed by atoms with E-state index in [0.717, 1.165) is 51.7 Å². The minimum atomic E-state index is -0.980. The van der Waals surface area contributed by atoms with Gasteiger partial charge in [0, 0.05) is 58.5 Å². The van der Waals surface area contributed by atoms with Crippen LogP contribution < -0.4 is 11.1 Å². The van der Waals surface area contributed by atoms with Crippen LogP contribution >= 0.6 is 17.0 Å². The molecule has 0 saturated carbocycles. The van der Waals surface area contributed by atoms with Crippen LogP contribution in [0.15, 0.2) is 0 Å². The summed E-state index contributed by atoms with van der Waals surface area (Å²) in [5, 5.41) is 11.0. The highest BCUT2D eigenvalue weighted by Crippen LogP contribution is 2.10. The lowest BCUT2D eigenvalue weighted by Crippen LogP contribution is -2.41. The molecule has 3 aliphatic rings. The molecule has 0 radical (unpaired) electrons. The molecular formula is C22H37BrN4O8. The lowest BCUT2D eigenvalue weighted by molar-refractivity contribution is -0.152. The third-order valence-corrected chi connectivity index (χ3v) is 5.27. The van der Waals surface area contributed by atoms with Crippen LogP contribution in [0.5, 0.6) is 0 Å². The molecule has 0 aromatic heterocycles. The van der Waals surface area contributed by atoms with E-state index in [4.69, 9.17) is 10.8 Å². The molecule has 0 unspecified atom stereocenters. The van der Waals surface area contributed by atoms with Gasteiger partial charge in [-0.05, 0) is 25.7 Å². The number of carboxylic acids is 1. The predicted octanol–water partition coefficient (Wildman–Crippen LogP) is 0.365. The first-order chi connectivity index (χ1) is 16.2. The van der Waals surface area contributed by atoms with Gasteiger partial charge in [0.25, 0.3) is 0 Å². The van der Waals surface area contributed by atoms with Crippen molar-refractivity contribution in [1.29, 1.82) is 0 Å². The number of likely N-dealkylation sites (tertiary alicyclic amines) is 2. The van der Waals surface area contributed by atoms with Gasteiger partial charge in [0.05, 0.1) is 19.3 Å². The van der Waals surface area contributed by atoms with E-state index >= 15 is 0 Å². The van der Waals surface area contributed by atoms with E-state index in [-0.39, 0.29) is 60.4 Å². The Hall–Kier alpha value is -2.54. The van der Waals surface area contributed by atoms with Crippen molar-refractivity contribution >= 4 is 52.6 Å². The molecule has 35 heavy (non-hydrogen) atoms. The van der Waals surface area contributed by atoms with Crippen molar-refractivity contribution in [3.8, 4) is 0 Å². The van der Waals surface area contributed by atoms with E-state index in [1.54, 1.807) is 4.90 Å². The number of carbonyl (C=O) groups is 6. The number of cyclic esters (lactones) is 2. The zero-order chi connectivity index (χ0) is 25.3. The molecule has 0 aromatic rings. The highest BCUT2D eigenvalue weighted by Gasteiger charge is 2.19. The van der Waals surface area contributed by atoms with Crippen molar-refractivity contribution in [3.05, 3.63) is 0 Å². The summed E-state index contributed by atoms with van der Waals surface area (Å²) in [7, 11) is 0. The second-order valence-corrected chi connectivity index (χ2v) is 8.05. The second-order valence-electron chi connectivity index (χ2n) is 8.05. The largest absolute Gasteiger partial charge is 0.481 e. The number of nitrogens with one attached hydrogen (secondary N) is 1. The topological polar surface area (TPSA) is 176 Å². The van der Waals surface area contributed by atoms with Crippen LogP contribution in [-0.2, 0) is 33.5 Å². The third-order valence-electron chi connectivity index (χ3n) is 5.27. The summed E-state index contributed by atoms with van der Waals surface area (Å²) in [6.07, 6.45) is 5.83. The number of hydrogen-bond donors (Lipinski definition) is 3. The maximum Gasteiger partial charge on any atom is 0.314 e. The maximum atomic E-state index is 11.4. The molecule has 0 atom stereocenters. The minimum absolute atomic E-state index is 0. The normalized spacial score (nSPS) is 17.3. The molecule has 3 fully saturated rings. The summed E-state index contributed by atoms with van der Waals surface area (Å²) in [6.45, 7) is 3.90. The molecule has 4 N–H and O–H groups in total. The van der Waals surface area contributed by atoms with Gasteiger partial charge in [0.1, 0.15) is 0 Å². The van der Waals surface area contributed by atoms with Crippen molar-refractivity contribution in [3.63, 3.8) is 0 Å². The molecule has 0 bridgehead atoms. The number of nitrogens with two attached hydrogens (primary N) is 1. The SMILES string of the molecule is Br.NCCN1CCCCC1=O.O=C(O)CCC(=O)NCCN1CCCCC1=O.O=C1CCC(=O)O1. The zero-order valence-corrected chi connectivity index (χ0v) is 21.7. The van der Waals surface area contributed by atoms with Crippen molar-refractivity contribution in [2.45, 2.75) is 64.2 Å². The monoisotopic (exact) mass is 564 g/mol. The first-order valence-electron chi connectivity index (χ1n) is 11.7. The van der Waals surface area contributed by atoms with E-state index in [2.05, 4.69) is 10.1 Å². The standard InChI is InChI=1S/C11H18N2O4.C7H14N2O.C4H4O3.BrH/c14-9(4-5-11(16)17)12-6-8-13-7-2-1-3-10(13)15;8-4-6-9-5-2-1-3-7(9)10;5-3-1-2-4(6)7-3;/h1-8H2,(H,12,14)(H,16,17);1-6,8H2;1-2H2;1H. The highest BCUT2D eigenvalue weighted by molar-refractivity contribution is 8.93. The molecule has 0 aliphatic carbocycles. The van der Waals surface area contributed by atoms with Gasteiger partial charge < -0.3 is 30.7 Å². The van der Waals surface area contributed by atoms with Crippen molar-refractivity contribution < 1.29 is 38.6 Å². The Kier molecular flexibility index (Phi) is 17.4. The van der Waals surface area contributed by atoms with Gasteiger partial charge in [-0.1, -0.05) is 0 Å². The van der Waals surface area contributed by atoms with E-state index < -0.39 is 17.9 Å². The number of rotatable bonds is 8. The number of esters is 2. The Morgan fingerprint density at radius 1 is 0.829 bits per heavy atom. The van der Waals surface area contributed by atoms with Crippen molar-refractivity contribution in [1.82, 2.24) is 15.1 Å². The average molecular weight is 565 g/mol. The number of carbonyl (C=O) groups excluding carboxylic acids is 5. The van der Waals surface area contributed by atoms with Gasteiger partial charge in [0.2, 0.25) is 17.7 Å². The van der Waals surface area contributed by atoms with Gasteiger partial charge in [-0.25, -0.2) is 0 Å². The van der Waals surface area contributed by atoms with Crippen molar-refractivity contribution in [2.75, 3.05) is 39.3 Å². The molecule has 12 nitrogen and oxygen atoms in total. The Morgan fingerprint density at radius 2 is 1.34 bits per heavy atom. The summed E-state index contributed by atoms with van der Waals surface area (Å²) < 4.78 is 4.08. The summed E-state index contributed by atoms with van der Waals surface area (Å²) >= 11 is 0. The molecule has 0 spiro atoms. The lowest BCUT2D eigenvalue weighted by atomic mass is 10.1. The maximum absolute atomic E-state index is 11.4. The van der Waals surface area contributed by atoms with Crippen molar-refractivity contribution in [2.24, 2.45) is 5.73 Å². The van der Waals surface area contributed by atoms with Crippen LogP contribution in [0, 0.1) is 0 Å². The van der Waals surface area contributed by atoms with E-state index in [1.807, 2.05) is 4.90 Å². The minimum Gasteiger partial charge on any atom is -0.481 e. The molecule has 0 aromatic carbocycles. The second kappa shape index (κ2) is 18.7. The first kappa shape index (κ1) is 32.5. The smallest absolute Gasteiger partial charge is 0.314 e. The average Bonchev–Trinajstić information content (AvgIpc) is 3.19. The molecular weight excluding hydrogens is 528 g/mol. The van der Waals surface area contributed by atoms with Crippen LogP contribution in [0.4, 0.5) is 0 Å². The molecule has 13 heteroatoms. The zero-order valence-electron chi connectivity index (χ0n) is 20.0. The quantitative estimate of drug-likeness (QED) is 0.277. The summed E-state index contributed by atoms with van der Waals surface area (Å²) in [5.74, 6) is -1.65.